The van der Waals surface area contributed by atoms with Crippen LogP contribution in [0.3, 0.4) is 0 Å². The second-order valence-corrected chi connectivity index (χ2v) is 5.73. The van der Waals surface area contributed by atoms with Gasteiger partial charge in [-0.25, -0.2) is 4.79 Å². The van der Waals surface area contributed by atoms with Gasteiger partial charge in [0.1, 0.15) is 18.1 Å². The summed E-state index contributed by atoms with van der Waals surface area (Å²) in [5, 5.41) is 11.2. The van der Waals surface area contributed by atoms with Crippen LogP contribution in [0.25, 0.3) is 0 Å². The first-order valence-electron chi connectivity index (χ1n) is 7.88. The molecule has 1 aromatic carbocycles. The predicted octanol–water partition coefficient (Wildman–Crippen LogP) is 1.52. The molecule has 0 aliphatic rings. The lowest BCUT2D eigenvalue weighted by Gasteiger charge is -2.22. The Morgan fingerprint density at radius 2 is 1.92 bits per heavy atom. The molecular formula is C18H20N2O6. The molecule has 8 nitrogen and oxygen atoms in total. The third kappa shape index (κ3) is 5.37. The van der Waals surface area contributed by atoms with Crippen LogP contribution in [0.1, 0.15) is 22.8 Å². The molecule has 2 amide bonds. The van der Waals surface area contributed by atoms with Gasteiger partial charge in [0.15, 0.2) is 6.61 Å². The van der Waals surface area contributed by atoms with Crippen LogP contribution in [-0.4, -0.2) is 47.5 Å². The number of amides is 2. The number of hydrogen-bond donors (Lipinski definition) is 2. The number of hydrogen-bond acceptors (Lipinski definition) is 5. The summed E-state index contributed by atoms with van der Waals surface area (Å²) >= 11 is 0. The van der Waals surface area contributed by atoms with E-state index in [2.05, 4.69) is 5.32 Å². The molecule has 2 N–H and O–H groups in total. The number of nitrogens with one attached hydrogen (secondary N) is 1. The highest BCUT2D eigenvalue weighted by molar-refractivity contribution is 5.97. The zero-order valence-electron chi connectivity index (χ0n) is 14.5. The van der Waals surface area contributed by atoms with E-state index in [1.54, 1.807) is 38.2 Å². The lowest BCUT2D eigenvalue weighted by atomic mass is 10.2. The van der Waals surface area contributed by atoms with Crippen LogP contribution in [0.5, 0.6) is 5.75 Å². The molecule has 2 rings (SSSR count). The molecule has 0 saturated heterocycles. The fourth-order valence-electron chi connectivity index (χ4n) is 2.25. The van der Waals surface area contributed by atoms with E-state index < -0.39 is 18.6 Å². The topological polar surface area (TPSA) is 109 Å². The van der Waals surface area contributed by atoms with Gasteiger partial charge in [0.25, 0.3) is 5.91 Å². The molecule has 0 aliphatic carbocycles. The molecule has 0 aliphatic heterocycles. The minimum absolute atomic E-state index is 0.243. The van der Waals surface area contributed by atoms with Gasteiger partial charge in [-0.3, -0.25) is 9.59 Å². The summed E-state index contributed by atoms with van der Waals surface area (Å²) in [6.07, 6.45) is 2.70. The Morgan fingerprint density at radius 1 is 1.23 bits per heavy atom. The molecular weight excluding hydrogens is 340 g/mol. The fourth-order valence-corrected chi connectivity index (χ4v) is 2.25. The van der Waals surface area contributed by atoms with E-state index in [4.69, 9.17) is 14.3 Å². The zero-order chi connectivity index (χ0) is 19.1. The monoisotopic (exact) mass is 360 g/mol. The standard InChI is InChI=1S/C18H20N2O6/c1-12(19-17(23)14-7-8-25-10-14)18(24)20(2)9-13-3-5-15(6-4-13)26-11-16(21)22/h3-8,10,12H,9,11H2,1-2H3,(H,19,23)(H,21,22). The average molecular weight is 360 g/mol. The van der Waals surface area contributed by atoms with Crippen molar-refractivity contribution in [2.45, 2.75) is 19.5 Å². The van der Waals surface area contributed by atoms with Gasteiger partial charge < -0.3 is 24.5 Å². The quantitative estimate of drug-likeness (QED) is 0.739. The minimum atomic E-state index is -1.05. The van der Waals surface area contributed by atoms with Gasteiger partial charge in [-0.2, -0.15) is 0 Å². The number of likely N-dealkylation sites (N-methyl/N-ethyl adjacent to an activating group) is 1. The number of aliphatic carboxylic acids is 1. The molecule has 0 spiro atoms. The molecule has 0 saturated carbocycles. The number of rotatable bonds is 8. The number of carboxylic acid groups (broad SMARTS) is 1. The van der Waals surface area contributed by atoms with E-state index in [1.165, 1.54) is 23.5 Å². The van der Waals surface area contributed by atoms with Crippen LogP contribution in [0.15, 0.2) is 47.3 Å². The second kappa shape index (κ2) is 8.70. The smallest absolute Gasteiger partial charge is 0.341 e. The van der Waals surface area contributed by atoms with Crippen molar-refractivity contribution in [3.05, 3.63) is 54.0 Å². The van der Waals surface area contributed by atoms with E-state index in [0.717, 1.165) is 5.56 Å². The van der Waals surface area contributed by atoms with Gasteiger partial charge in [0.2, 0.25) is 5.91 Å². The molecule has 1 heterocycles. The second-order valence-electron chi connectivity index (χ2n) is 5.73. The Labute approximate surface area is 150 Å². The maximum absolute atomic E-state index is 12.4. The van der Waals surface area contributed by atoms with Gasteiger partial charge in [-0.1, -0.05) is 12.1 Å². The van der Waals surface area contributed by atoms with Gasteiger partial charge in [0, 0.05) is 13.6 Å². The van der Waals surface area contributed by atoms with Crippen molar-refractivity contribution in [1.82, 2.24) is 10.2 Å². The van der Waals surface area contributed by atoms with Crippen molar-refractivity contribution >= 4 is 17.8 Å². The van der Waals surface area contributed by atoms with Crippen LogP contribution >= 0.6 is 0 Å². The maximum atomic E-state index is 12.4. The molecule has 138 valence electrons. The molecule has 8 heteroatoms. The third-order valence-electron chi connectivity index (χ3n) is 3.58. The number of carbonyl (C=O) groups excluding carboxylic acids is 2. The summed E-state index contributed by atoms with van der Waals surface area (Å²) < 4.78 is 9.90. The van der Waals surface area contributed by atoms with Crippen molar-refractivity contribution in [3.63, 3.8) is 0 Å². The molecule has 0 fully saturated rings. The van der Waals surface area contributed by atoms with Crippen LogP contribution in [-0.2, 0) is 16.1 Å². The molecule has 0 radical (unpaired) electrons. The van der Waals surface area contributed by atoms with Gasteiger partial charge >= 0.3 is 5.97 Å². The normalized spacial score (nSPS) is 11.5. The number of carboxylic acids is 1. The van der Waals surface area contributed by atoms with Crippen molar-refractivity contribution < 1.29 is 28.6 Å². The third-order valence-corrected chi connectivity index (χ3v) is 3.58. The fraction of sp³-hybridized carbons (Fsp3) is 0.278. The Balaban J connectivity index is 1.87. The first-order chi connectivity index (χ1) is 12.4. The number of benzene rings is 1. The summed E-state index contributed by atoms with van der Waals surface area (Å²) in [4.78, 5) is 36.3. The average Bonchev–Trinajstić information content (AvgIpc) is 3.15. The summed E-state index contributed by atoms with van der Waals surface area (Å²) in [5.41, 5.74) is 1.20. The maximum Gasteiger partial charge on any atom is 0.341 e. The summed E-state index contributed by atoms with van der Waals surface area (Å²) in [6.45, 7) is 1.54. The van der Waals surface area contributed by atoms with Crippen molar-refractivity contribution in [2.75, 3.05) is 13.7 Å². The molecule has 0 bridgehead atoms. The Morgan fingerprint density at radius 3 is 2.50 bits per heavy atom. The Kier molecular flexibility index (Phi) is 6.37. The first kappa shape index (κ1) is 19.0. The van der Waals surface area contributed by atoms with Crippen molar-refractivity contribution in [2.24, 2.45) is 0 Å². The van der Waals surface area contributed by atoms with Crippen molar-refractivity contribution in [3.8, 4) is 5.75 Å². The van der Waals surface area contributed by atoms with Crippen LogP contribution < -0.4 is 10.1 Å². The lowest BCUT2D eigenvalue weighted by Crippen LogP contribution is -2.45. The summed E-state index contributed by atoms with van der Waals surface area (Å²) in [7, 11) is 1.64. The molecule has 1 atom stereocenters. The predicted molar refractivity (Wildman–Crippen MR) is 91.7 cm³/mol. The molecule has 2 aromatic rings. The molecule has 26 heavy (non-hydrogen) atoms. The Hall–Kier alpha value is -3.29. The first-order valence-corrected chi connectivity index (χ1v) is 7.88. The highest BCUT2D eigenvalue weighted by Gasteiger charge is 2.20. The van der Waals surface area contributed by atoms with E-state index in [-0.39, 0.29) is 11.8 Å². The van der Waals surface area contributed by atoms with E-state index >= 15 is 0 Å². The molecule has 1 unspecified atom stereocenters. The zero-order valence-corrected chi connectivity index (χ0v) is 14.5. The highest BCUT2D eigenvalue weighted by Crippen LogP contribution is 2.13. The van der Waals surface area contributed by atoms with Crippen LogP contribution in [0, 0.1) is 0 Å². The van der Waals surface area contributed by atoms with Crippen LogP contribution in [0.2, 0.25) is 0 Å². The number of carbonyl (C=O) groups is 3. The summed E-state index contributed by atoms with van der Waals surface area (Å²) in [5.74, 6) is -1.24. The number of ether oxygens (including phenoxy) is 1. The van der Waals surface area contributed by atoms with E-state index in [1.807, 2.05) is 0 Å². The minimum Gasteiger partial charge on any atom is -0.482 e. The van der Waals surface area contributed by atoms with Gasteiger partial charge in [0.05, 0.1) is 11.8 Å². The van der Waals surface area contributed by atoms with E-state index in [9.17, 15) is 14.4 Å². The van der Waals surface area contributed by atoms with Gasteiger partial charge in [-0.15, -0.1) is 0 Å². The number of furan rings is 1. The summed E-state index contributed by atoms with van der Waals surface area (Å²) in [6, 6.07) is 7.59. The molecule has 1 aromatic heterocycles. The van der Waals surface area contributed by atoms with Crippen LogP contribution in [0.4, 0.5) is 0 Å². The Bertz CT molecular complexity index is 754. The van der Waals surface area contributed by atoms with Gasteiger partial charge in [-0.05, 0) is 30.7 Å². The number of nitrogens with zero attached hydrogens (tertiary/aromatic N) is 1. The lowest BCUT2D eigenvalue weighted by molar-refractivity contribution is -0.139. The largest absolute Gasteiger partial charge is 0.482 e. The van der Waals surface area contributed by atoms with Crippen molar-refractivity contribution in [1.29, 1.82) is 0 Å². The SMILES string of the molecule is CC(NC(=O)c1ccoc1)C(=O)N(C)Cc1ccc(OCC(=O)O)cc1. The highest BCUT2D eigenvalue weighted by atomic mass is 16.5. The van der Waals surface area contributed by atoms with E-state index in [0.29, 0.717) is 17.9 Å².